The first kappa shape index (κ1) is 15.1. The summed E-state index contributed by atoms with van der Waals surface area (Å²) in [6.07, 6.45) is 0. The van der Waals surface area contributed by atoms with Gasteiger partial charge in [0.25, 0.3) is 0 Å². The summed E-state index contributed by atoms with van der Waals surface area (Å²) in [5.41, 5.74) is 5.70. The predicted octanol–water partition coefficient (Wildman–Crippen LogP) is 3.12. The van der Waals surface area contributed by atoms with Gasteiger partial charge in [0.15, 0.2) is 5.75 Å². The molecule has 0 aromatic heterocycles. The zero-order chi connectivity index (χ0) is 14.9. The maximum absolute atomic E-state index is 11.4. The van der Waals surface area contributed by atoms with E-state index in [1.54, 1.807) is 18.2 Å². The third kappa shape index (κ3) is 3.24. The van der Waals surface area contributed by atoms with E-state index in [1.807, 2.05) is 0 Å². The number of ether oxygens (including phenoxy) is 1. The van der Waals surface area contributed by atoms with E-state index in [1.165, 1.54) is 18.2 Å². The Bertz CT molecular complexity index is 765. The summed E-state index contributed by atoms with van der Waals surface area (Å²) < 4.78 is 29.1. The molecule has 0 radical (unpaired) electrons. The number of anilines is 1. The topological polar surface area (TPSA) is 95.4 Å². The molecule has 0 amide bonds. The number of sulfonamides is 1. The number of para-hydroxylation sites is 1. The van der Waals surface area contributed by atoms with Gasteiger partial charge in [-0.05, 0) is 30.3 Å². The van der Waals surface area contributed by atoms with Crippen molar-refractivity contribution in [3.05, 3.63) is 45.9 Å². The molecule has 2 aromatic carbocycles. The van der Waals surface area contributed by atoms with Gasteiger partial charge in [0.2, 0.25) is 10.0 Å². The molecule has 106 valence electrons. The molecule has 0 aliphatic carbocycles. The number of halogens is 2. The van der Waals surface area contributed by atoms with Crippen LogP contribution in [-0.2, 0) is 10.0 Å². The summed E-state index contributed by atoms with van der Waals surface area (Å²) in [5, 5.41) is 5.45. The fourth-order valence-electron chi connectivity index (χ4n) is 1.53. The molecule has 0 atom stereocenters. The van der Waals surface area contributed by atoms with E-state index in [0.29, 0.717) is 10.8 Å². The second-order valence-corrected chi connectivity index (χ2v) is 6.74. The lowest BCUT2D eigenvalue weighted by molar-refractivity contribution is 0.483. The van der Waals surface area contributed by atoms with E-state index in [4.69, 9.17) is 27.2 Å². The van der Waals surface area contributed by atoms with Crippen molar-refractivity contribution in [1.82, 2.24) is 0 Å². The number of rotatable bonds is 3. The first-order valence-electron chi connectivity index (χ1n) is 5.33. The lowest BCUT2D eigenvalue weighted by Crippen LogP contribution is -2.14. The summed E-state index contributed by atoms with van der Waals surface area (Å²) in [5.74, 6) is 0.510. The Morgan fingerprint density at radius 2 is 1.85 bits per heavy atom. The number of hydrogen-bond acceptors (Lipinski definition) is 4. The van der Waals surface area contributed by atoms with E-state index in [0.717, 1.165) is 4.47 Å². The van der Waals surface area contributed by atoms with E-state index in [-0.39, 0.29) is 16.3 Å². The maximum Gasteiger partial charge on any atom is 0.240 e. The van der Waals surface area contributed by atoms with Crippen molar-refractivity contribution in [2.24, 2.45) is 5.14 Å². The normalized spacial score (nSPS) is 11.3. The van der Waals surface area contributed by atoms with E-state index in [2.05, 4.69) is 15.9 Å². The molecule has 0 aliphatic rings. The number of primary sulfonamides is 1. The Balaban J connectivity index is 2.47. The van der Waals surface area contributed by atoms with Crippen LogP contribution in [0.25, 0.3) is 0 Å². The minimum Gasteiger partial charge on any atom is -0.454 e. The largest absolute Gasteiger partial charge is 0.454 e. The summed E-state index contributed by atoms with van der Waals surface area (Å²) in [6.45, 7) is 0. The van der Waals surface area contributed by atoms with Crippen LogP contribution in [0.4, 0.5) is 5.69 Å². The third-order valence-electron chi connectivity index (χ3n) is 2.45. The van der Waals surface area contributed by atoms with E-state index in [9.17, 15) is 8.42 Å². The molecular weight excluding hydrogens is 368 g/mol. The zero-order valence-corrected chi connectivity index (χ0v) is 13.2. The molecule has 0 bridgehead atoms. The predicted molar refractivity (Wildman–Crippen MR) is 81.5 cm³/mol. The van der Waals surface area contributed by atoms with Crippen molar-refractivity contribution in [3.63, 3.8) is 0 Å². The summed E-state index contributed by atoms with van der Waals surface area (Å²) in [4.78, 5) is -0.193. The second-order valence-electron chi connectivity index (χ2n) is 3.89. The Labute approximate surface area is 129 Å². The van der Waals surface area contributed by atoms with Gasteiger partial charge in [0.05, 0.1) is 10.7 Å². The molecule has 0 spiro atoms. The fraction of sp³-hybridized carbons (Fsp3) is 0. The summed E-state index contributed by atoms with van der Waals surface area (Å²) >= 11 is 9.29. The highest BCUT2D eigenvalue weighted by molar-refractivity contribution is 9.10. The molecule has 5 nitrogen and oxygen atoms in total. The Morgan fingerprint density at radius 3 is 2.50 bits per heavy atom. The number of nitrogen functional groups attached to an aromatic ring is 1. The van der Waals surface area contributed by atoms with Gasteiger partial charge in [0, 0.05) is 4.47 Å². The van der Waals surface area contributed by atoms with Gasteiger partial charge in [0.1, 0.15) is 10.6 Å². The first-order chi connectivity index (χ1) is 9.29. The van der Waals surface area contributed by atoms with Crippen LogP contribution in [0, 0.1) is 0 Å². The quantitative estimate of drug-likeness (QED) is 0.803. The van der Waals surface area contributed by atoms with Gasteiger partial charge in [-0.15, -0.1) is 0 Å². The molecular formula is C12H10BrClN2O3S. The van der Waals surface area contributed by atoms with Crippen LogP contribution in [0.5, 0.6) is 11.5 Å². The minimum atomic E-state index is -3.91. The lowest BCUT2D eigenvalue weighted by Gasteiger charge is -2.12. The highest BCUT2D eigenvalue weighted by Gasteiger charge is 2.16. The smallest absolute Gasteiger partial charge is 0.240 e. The van der Waals surface area contributed by atoms with Crippen LogP contribution in [0.15, 0.2) is 45.8 Å². The molecule has 0 heterocycles. The molecule has 2 rings (SSSR count). The molecule has 0 saturated heterocycles. The van der Waals surface area contributed by atoms with Crippen molar-refractivity contribution in [1.29, 1.82) is 0 Å². The molecule has 20 heavy (non-hydrogen) atoms. The molecule has 8 heteroatoms. The van der Waals surface area contributed by atoms with E-state index < -0.39 is 10.0 Å². The number of benzene rings is 2. The van der Waals surface area contributed by atoms with Gasteiger partial charge in [-0.2, -0.15) is 0 Å². The van der Waals surface area contributed by atoms with Crippen LogP contribution in [0.2, 0.25) is 5.02 Å². The molecule has 0 aliphatic heterocycles. The zero-order valence-electron chi connectivity index (χ0n) is 10.0. The van der Waals surface area contributed by atoms with Crippen LogP contribution in [0.3, 0.4) is 0 Å². The van der Waals surface area contributed by atoms with Gasteiger partial charge in [-0.1, -0.05) is 33.6 Å². The van der Waals surface area contributed by atoms with Crippen LogP contribution in [-0.4, -0.2) is 8.42 Å². The molecule has 2 aromatic rings. The van der Waals surface area contributed by atoms with Crippen molar-refractivity contribution >= 4 is 43.2 Å². The Kier molecular flexibility index (Phi) is 4.24. The Morgan fingerprint density at radius 1 is 1.15 bits per heavy atom. The first-order valence-corrected chi connectivity index (χ1v) is 8.05. The lowest BCUT2D eigenvalue weighted by atomic mass is 10.3. The second kappa shape index (κ2) is 5.61. The highest BCUT2D eigenvalue weighted by Crippen LogP contribution is 2.36. The average molecular weight is 378 g/mol. The van der Waals surface area contributed by atoms with Crippen molar-refractivity contribution in [3.8, 4) is 11.5 Å². The van der Waals surface area contributed by atoms with Gasteiger partial charge in [-0.3, -0.25) is 0 Å². The van der Waals surface area contributed by atoms with Crippen LogP contribution < -0.4 is 15.6 Å². The molecule has 0 unspecified atom stereocenters. The van der Waals surface area contributed by atoms with Crippen LogP contribution in [0.1, 0.15) is 0 Å². The van der Waals surface area contributed by atoms with Crippen molar-refractivity contribution < 1.29 is 13.2 Å². The maximum atomic E-state index is 11.4. The standard InChI is InChI=1S/C12H10BrClN2O3S/c13-7-4-5-8(14)10(6-7)19-9-2-1-3-11(12(9)15)20(16,17)18/h1-6H,15H2,(H2,16,17,18). The summed E-state index contributed by atoms with van der Waals surface area (Å²) in [7, 11) is -3.91. The van der Waals surface area contributed by atoms with Gasteiger partial charge >= 0.3 is 0 Å². The highest BCUT2D eigenvalue weighted by atomic mass is 79.9. The van der Waals surface area contributed by atoms with Crippen molar-refractivity contribution in [2.45, 2.75) is 4.90 Å². The SMILES string of the molecule is Nc1c(Oc2cc(Br)ccc2Cl)cccc1S(N)(=O)=O. The molecule has 4 N–H and O–H groups in total. The fourth-order valence-corrected chi connectivity index (χ4v) is 2.71. The molecule has 0 fully saturated rings. The average Bonchev–Trinajstić information content (AvgIpc) is 2.35. The van der Waals surface area contributed by atoms with Crippen LogP contribution >= 0.6 is 27.5 Å². The van der Waals surface area contributed by atoms with Gasteiger partial charge < -0.3 is 10.5 Å². The molecule has 0 saturated carbocycles. The summed E-state index contributed by atoms with van der Waals surface area (Å²) in [6, 6.07) is 9.35. The van der Waals surface area contributed by atoms with Gasteiger partial charge in [-0.25, -0.2) is 13.6 Å². The number of nitrogens with two attached hydrogens (primary N) is 2. The van der Waals surface area contributed by atoms with Crippen molar-refractivity contribution in [2.75, 3.05) is 5.73 Å². The third-order valence-corrected chi connectivity index (χ3v) is 4.22. The Hall–Kier alpha value is -1.28. The monoisotopic (exact) mass is 376 g/mol. The van der Waals surface area contributed by atoms with E-state index >= 15 is 0 Å². The minimum absolute atomic E-state index is 0.0638. The number of hydrogen-bond donors (Lipinski definition) is 2.